The summed E-state index contributed by atoms with van der Waals surface area (Å²) in [6.07, 6.45) is 0.168. The second kappa shape index (κ2) is 7.82. The van der Waals surface area contributed by atoms with E-state index in [1.165, 1.54) is 11.8 Å². The molecule has 0 aliphatic carbocycles. The number of halogens is 2. The second-order valence-corrected chi connectivity index (χ2v) is 11.5. The largest absolute Gasteiger partial charge is 0.316 e. The van der Waals surface area contributed by atoms with Gasteiger partial charge in [0.25, 0.3) is 5.91 Å². The van der Waals surface area contributed by atoms with Crippen molar-refractivity contribution in [3.8, 4) is 0 Å². The van der Waals surface area contributed by atoms with E-state index >= 15 is 0 Å². The van der Waals surface area contributed by atoms with E-state index in [9.17, 15) is 13.2 Å². The van der Waals surface area contributed by atoms with E-state index in [0.717, 1.165) is 15.7 Å². The molecule has 4 rings (SSSR count). The lowest BCUT2D eigenvalue weighted by Gasteiger charge is -2.24. The van der Waals surface area contributed by atoms with Crippen LogP contribution in [0.4, 0.5) is 5.69 Å². The van der Waals surface area contributed by atoms with Gasteiger partial charge in [-0.3, -0.25) is 4.79 Å². The Balaban J connectivity index is 1.63. The summed E-state index contributed by atoms with van der Waals surface area (Å²) < 4.78 is 25.1. The number of anilines is 1. The molecular weight excluding hydrogens is 484 g/mol. The maximum atomic E-state index is 12.6. The van der Waals surface area contributed by atoms with E-state index < -0.39 is 9.84 Å². The minimum absolute atomic E-state index is 0.0710. The summed E-state index contributed by atoms with van der Waals surface area (Å²) in [5, 5.41) is 1.05. The minimum Gasteiger partial charge on any atom is -0.316 e. The zero-order valence-electron chi connectivity index (χ0n) is 14.6. The molecule has 2 atom stereocenters. The van der Waals surface area contributed by atoms with Crippen LogP contribution in [0.15, 0.2) is 58.0 Å². The number of benzene rings is 2. The maximum Gasteiger partial charge on any atom is 0.252 e. The Hall–Kier alpha value is -1.35. The summed E-state index contributed by atoms with van der Waals surface area (Å²) in [5.41, 5.74) is 1.66. The van der Waals surface area contributed by atoms with Crippen LogP contribution in [0.3, 0.4) is 0 Å². The van der Waals surface area contributed by atoms with Crippen LogP contribution in [0.5, 0.6) is 0 Å². The molecule has 0 radical (unpaired) electrons. The van der Waals surface area contributed by atoms with E-state index in [4.69, 9.17) is 11.6 Å². The van der Waals surface area contributed by atoms with Crippen molar-refractivity contribution >= 4 is 65.9 Å². The Morgan fingerprint density at radius 3 is 2.68 bits per heavy atom. The molecule has 2 aliphatic heterocycles. The number of amidine groups is 1. The molecule has 0 aromatic heterocycles. The van der Waals surface area contributed by atoms with Crippen molar-refractivity contribution in [1.82, 2.24) is 0 Å². The molecule has 0 saturated carbocycles. The predicted molar refractivity (Wildman–Crippen MR) is 118 cm³/mol. The van der Waals surface area contributed by atoms with Gasteiger partial charge >= 0.3 is 0 Å². The SMILES string of the molecule is O=C(Cc1ccc(Cl)cc1)N=C1SC2CS(=O)(=O)CC2N1c1cccc(Br)c1. The van der Waals surface area contributed by atoms with Gasteiger partial charge in [-0.2, -0.15) is 4.99 Å². The van der Waals surface area contributed by atoms with Crippen molar-refractivity contribution in [3.05, 3.63) is 63.6 Å². The Bertz CT molecular complexity index is 1060. The van der Waals surface area contributed by atoms with Gasteiger partial charge in [0, 0.05) is 20.4 Å². The number of rotatable bonds is 3. The summed E-state index contributed by atoms with van der Waals surface area (Å²) in [6.45, 7) is 0. The average Bonchev–Trinajstić information content (AvgIpc) is 3.07. The molecule has 2 heterocycles. The molecular formula is C19H16BrClN2O3S2. The number of aliphatic imine (C=N–C) groups is 1. The van der Waals surface area contributed by atoms with Crippen LogP contribution >= 0.6 is 39.3 Å². The number of hydrogen-bond donors (Lipinski definition) is 0. The quantitative estimate of drug-likeness (QED) is 0.640. The smallest absolute Gasteiger partial charge is 0.252 e. The van der Waals surface area contributed by atoms with E-state index in [-0.39, 0.29) is 35.1 Å². The highest BCUT2D eigenvalue weighted by Crippen LogP contribution is 2.41. The number of amides is 1. The van der Waals surface area contributed by atoms with Crippen molar-refractivity contribution in [3.63, 3.8) is 0 Å². The van der Waals surface area contributed by atoms with Crippen molar-refractivity contribution in [1.29, 1.82) is 0 Å². The van der Waals surface area contributed by atoms with Crippen molar-refractivity contribution in [2.45, 2.75) is 17.7 Å². The fourth-order valence-electron chi connectivity index (χ4n) is 3.42. The standard InChI is InChI=1S/C19H16BrClN2O3S2/c20-13-2-1-3-15(9-13)23-16-10-28(25,26)11-17(16)27-19(23)22-18(24)8-12-4-6-14(21)7-5-12/h1-7,9,16-17H,8,10-11H2. The summed E-state index contributed by atoms with van der Waals surface area (Å²) in [7, 11) is -3.09. The number of fused-ring (bicyclic) bond motifs is 1. The van der Waals surface area contributed by atoms with Gasteiger partial charge in [-0.25, -0.2) is 8.42 Å². The van der Waals surface area contributed by atoms with E-state index in [0.29, 0.717) is 10.2 Å². The molecule has 2 aromatic rings. The van der Waals surface area contributed by atoms with Gasteiger partial charge in [-0.05, 0) is 35.9 Å². The molecule has 146 valence electrons. The first-order valence-electron chi connectivity index (χ1n) is 8.58. The monoisotopic (exact) mass is 498 g/mol. The Labute approximate surface area is 181 Å². The van der Waals surface area contributed by atoms with Crippen molar-refractivity contribution in [2.75, 3.05) is 16.4 Å². The Morgan fingerprint density at radius 2 is 1.96 bits per heavy atom. The molecule has 2 saturated heterocycles. The van der Waals surface area contributed by atoms with Crippen LogP contribution in [0.25, 0.3) is 0 Å². The lowest BCUT2D eigenvalue weighted by atomic mass is 10.1. The van der Waals surface area contributed by atoms with Gasteiger partial charge in [0.15, 0.2) is 15.0 Å². The first-order chi connectivity index (χ1) is 13.3. The van der Waals surface area contributed by atoms with Gasteiger partial charge in [-0.15, -0.1) is 0 Å². The topological polar surface area (TPSA) is 66.8 Å². The number of thioether (sulfide) groups is 1. The number of hydrogen-bond acceptors (Lipinski definition) is 4. The second-order valence-electron chi connectivity index (χ2n) is 6.74. The lowest BCUT2D eigenvalue weighted by molar-refractivity contribution is -0.117. The van der Waals surface area contributed by atoms with Gasteiger partial charge in [0.1, 0.15) is 0 Å². The number of nitrogens with zero attached hydrogens (tertiary/aromatic N) is 2. The van der Waals surface area contributed by atoms with Crippen LogP contribution in [0, 0.1) is 0 Å². The van der Waals surface area contributed by atoms with Crippen LogP contribution in [0.2, 0.25) is 5.02 Å². The van der Waals surface area contributed by atoms with Crippen molar-refractivity contribution in [2.24, 2.45) is 4.99 Å². The lowest BCUT2D eigenvalue weighted by Crippen LogP contribution is -2.37. The van der Waals surface area contributed by atoms with E-state index in [1.807, 2.05) is 29.2 Å². The van der Waals surface area contributed by atoms with Crippen LogP contribution < -0.4 is 4.90 Å². The third kappa shape index (κ3) is 4.30. The molecule has 2 aliphatic rings. The summed E-state index contributed by atoms with van der Waals surface area (Å²) in [5.74, 6) is -0.0913. The Morgan fingerprint density at radius 1 is 1.21 bits per heavy atom. The first kappa shape index (κ1) is 19.9. The summed E-state index contributed by atoms with van der Waals surface area (Å²) in [4.78, 5) is 18.8. The molecule has 0 N–H and O–H groups in total. The summed E-state index contributed by atoms with van der Waals surface area (Å²) >= 11 is 10.7. The molecule has 0 bridgehead atoms. The fraction of sp³-hybridized carbons (Fsp3) is 0.263. The van der Waals surface area contributed by atoms with Gasteiger partial charge in [-0.1, -0.05) is 57.5 Å². The van der Waals surface area contributed by atoms with E-state index in [2.05, 4.69) is 20.9 Å². The number of carbonyl (C=O) groups is 1. The molecule has 9 heteroatoms. The average molecular weight is 500 g/mol. The highest BCUT2D eigenvalue weighted by atomic mass is 79.9. The molecule has 28 heavy (non-hydrogen) atoms. The van der Waals surface area contributed by atoms with E-state index in [1.54, 1.807) is 24.3 Å². The predicted octanol–water partition coefficient (Wildman–Crippen LogP) is 3.95. The Kier molecular flexibility index (Phi) is 5.57. The fourth-order valence-corrected chi connectivity index (χ4v) is 7.86. The molecule has 5 nitrogen and oxygen atoms in total. The maximum absolute atomic E-state index is 12.6. The first-order valence-corrected chi connectivity index (χ1v) is 12.5. The normalized spacial score (nSPS) is 24.5. The highest BCUT2D eigenvalue weighted by molar-refractivity contribution is 9.10. The van der Waals surface area contributed by atoms with Gasteiger partial charge in [0.2, 0.25) is 0 Å². The highest BCUT2D eigenvalue weighted by Gasteiger charge is 2.49. The zero-order valence-corrected chi connectivity index (χ0v) is 18.6. The molecule has 0 spiro atoms. The number of carbonyl (C=O) groups excluding carboxylic acids is 1. The minimum atomic E-state index is -3.09. The van der Waals surface area contributed by atoms with Gasteiger partial charge in [0.05, 0.1) is 24.0 Å². The number of sulfone groups is 1. The zero-order chi connectivity index (χ0) is 19.9. The van der Waals surface area contributed by atoms with Crippen molar-refractivity contribution < 1.29 is 13.2 Å². The van der Waals surface area contributed by atoms with Gasteiger partial charge < -0.3 is 4.90 Å². The molecule has 2 fully saturated rings. The van der Waals surface area contributed by atoms with Crippen LogP contribution in [-0.4, -0.2) is 42.3 Å². The summed E-state index contributed by atoms with van der Waals surface area (Å²) in [6, 6.07) is 14.5. The third-order valence-electron chi connectivity index (χ3n) is 4.64. The van der Waals surface area contributed by atoms with Crippen LogP contribution in [0.1, 0.15) is 5.56 Å². The third-order valence-corrected chi connectivity index (χ3v) is 8.60. The molecule has 1 amide bonds. The molecule has 2 unspecified atom stereocenters. The van der Waals surface area contributed by atoms with Crippen LogP contribution in [-0.2, 0) is 21.1 Å². The molecule has 2 aromatic carbocycles.